The molecule has 0 amide bonds. The number of carboxylic acid groups (broad SMARTS) is 1. The first-order chi connectivity index (χ1) is 11.2. The van der Waals surface area contributed by atoms with Gasteiger partial charge in [0.05, 0.1) is 13.0 Å². The van der Waals surface area contributed by atoms with E-state index in [1.165, 1.54) is 0 Å². The van der Waals surface area contributed by atoms with Crippen molar-refractivity contribution in [3.05, 3.63) is 32.6 Å². The largest absolute Gasteiger partial charge is 0.481 e. The molecule has 0 aromatic carbocycles. The van der Waals surface area contributed by atoms with Crippen LogP contribution < -0.4 is 17.0 Å². The van der Waals surface area contributed by atoms with Gasteiger partial charge in [-0.1, -0.05) is 11.8 Å². The number of hydrogen-bond donors (Lipinski definition) is 5. The number of aliphatic hydroxyl groups excluding tert-OH is 1. The molecule has 0 radical (unpaired) electrons. The maximum Gasteiger partial charge on any atom is 0.328 e. The summed E-state index contributed by atoms with van der Waals surface area (Å²) in [4.78, 5) is 46.6. The monoisotopic (exact) mass is 341 g/mol. The lowest BCUT2D eigenvalue weighted by molar-refractivity contribution is -0.148. The highest BCUT2D eigenvalue weighted by atomic mass is 16.5. The fourth-order valence-corrected chi connectivity index (χ4v) is 1.53. The number of aliphatic carboxylic acids is 1. The molecule has 1 aromatic rings. The number of rotatable bonds is 6. The number of hydrogen-bond acceptors (Lipinski definition) is 8. The topological polar surface area (TPSA) is 185 Å². The Morgan fingerprint density at radius 3 is 2.62 bits per heavy atom. The molecule has 0 aliphatic carbocycles. The van der Waals surface area contributed by atoms with Crippen LogP contribution in [0.3, 0.4) is 0 Å². The molecule has 0 spiro atoms. The molecule has 0 saturated carbocycles. The Balaban J connectivity index is 2.76. The smallest absolute Gasteiger partial charge is 0.328 e. The van der Waals surface area contributed by atoms with Crippen molar-refractivity contribution in [1.29, 1.82) is 0 Å². The summed E-state index contributed by atoms with van der Waals surface area (Å²) in [5, 5.41) is 26.2. The number of nitrogens with two attached hydrogens (primary N) is 1. The van der Waals surface area contributed by atoms with Crippen molar-refractivity contribution < 1.29 is 29.6 Å². The van der Waals surface area contributed by atoms with E-state index in [2.05, 4.69) is 16.6 Å². The van der Waals surface area contributed by atoms with Crippen LogP contribution in [-0.2, 0) is 20.9 Å². The zero-order chi connectivity index (χ0) is 18.3. The molecular formula is C13H15N3O8. The molecule has 0 fully saturated rings. The van der Waals surface area contributed by atoms with E-state index in [1.54, 1.807) is 0 Å². The predicted octanol–water partition coefficient (Wildman–Crippen LogP) is -3.46. The molecule has 1 unspecified atom stereocenters. The van der Waals surface area contributed by atoms with Gasteiger partial charge in [0.15, 0.2) is 12.9 Å². The second-order valence-electron chi connectivity index (χ2n) is 4.55. The summed E-state index contributed by atoms with van der Waals surface area (Å²) >= 11 is 0. The molecule has 11 nitrogen and oxygen atoms in total. The minimum Gasteiger partial charge on any atom is -0.481 e. The zero-order valence-corrected chi connectivity index (χ0v) is 12.3. The van der Waals surface area contributed by atoms with Crippen molar-refractivity contribution in [3.8, 4) is 11.8 Å². The number of H-pyrrole nitrogens is 1. The molecule has 1 heterocycles. The summed E-state index contributed by atoms with van der Waals surface area (Å²) in [6, 6.07) is -1.33. The Kier molecular flexibility index (Phi) is 6.87. The highest BCUT2D eigenvalue weighted by Gasteiger charge is 2.17. The Labute approximate surface area is 134 Å². The minimum absolute atomic E-state index is 0.166. The van der Waals surface area contributed by atoms with Crippen molar-refractivity contribution in [3.63, 3.8) is 0 Å². The fourth-order valence-electron chi connectivity index (χ4n) is 1.53. The van der Waals surface area contributed by atoms with Crippen LogP contribution in [0.15, 0.2) is 15.8 Å². The number of carbonyl (C=O) groups is 2. The van der Waals surface area contributed by atoms with Crippen molar-refractivity contribution in [2.75, 3.05) is 6.61 Å². The normalized spacial score (nSPS) is 11.5. The van der Waals surface area contributed by atoms with Crippen LogP contribution in [0.1, 0.15) is 12.0 Å². The van der Waals surface area contributed by atoms with E-state index in [9.17, 15) is 19.2 Å². The molecule has 130 valence electrons. The van der Waals surface area contributed by atoms with Gasteiger partial charge in [-0.15, -0.1) is 0 Å². The van der Waals surface area contributed by atoms with Gasteiger partial charge in [-0.3, -0.25) is 23.9 Å². The predicted molar refractivity (Wildman–Crippen MR) is 77.6 cm³/mol. The molecule has 0 bridgehead atoms. The van der Waals surface area contributed by atoms with Gasteiger partial charge in [-0.25, -0.2) is 4.79 Å². The van der Waals surface area contributed by atoms with E-state index in [0.717, 1.165) is 10.8 Å². The number of nitrogens with zero attached hydrogens (tertiary/aromatic N) is 1. The molecule has 1 atom stereocenters. The number of aromatic amines is 1. The Bertz CT molecular complexity index is 783. The van der Waals surface area contributed by atoms with Gasteiger partial charge < -0.3 is 25.8 Å². The first kappa shape index (κ1) is 19.1. The lowest BCUT2D eigenvalue weighted by Gasteiger charge is -2.07. The number of carboxylic acids is 1. The summed E-state index contributed by atoms with van der Waals surface area (Å²) in [5.74, 6) is 2.44. The number of nitrogens with one attached hydrogen (secondary N) is 1. The minimum atomic E-state index is -1.80. The van der Waals surface area contributed by atoms with Crippen LogP contribution in [0.2, 0.25) is 0 Å². The quantitative estimate of drug-likeness (QED) is 0.199. The molecule has 24 heavy (non-hydrogen) atoms. The second-order valence-corrected chi connectivity index (χ2v) is 4.55. The summed E-state index contributed by atoms with van der Waals surface area (Å²) in [6.07, 6.45) is -1.38. The van der Waals surface area contributed by atoms with Crippen molar-refractivity contribution >= 4 is 11.9 Å². The number of aromatic nitrogens is 2. The van der Waals surface area contributed by atoms with Gasteiger partial charge in [0.2, 0.25) is 0 Å². The lowest BCUT2D eigenvalue weighted by atomic mass is 10.2. The van der Waals surface area contributed by atoms with Gasteiger partial charge in [0.1, 0.15) is 11.6 Å². The second kappa shape index (κ2) is 8.63. The number of carbonyl (C=O) groups excluding carboxylic acids is 1. The van der Waals surface area contributed by atoms with Crippen LogP contribution >= 0.6 is 0 Å². The lowest BCUT2D eigenvalue weighted by Crippen LogP contribution is -2.34. The molecule has 6 N–H and O–H groups in total. The molecule has 1 aromatic heterocycles. The van der Waals surface area contributed by atoms with Crippen LogP contribution in [0, 0.1) is 11.8 Å². The zero-order valence-electron chi connectivity index (χ0n) is 12.3. The van der Waals surface area contributed by atoms with Crippen LogP contribution in [-0.4, -0.2) is 55.7 Å². The van der Waals surface area contributed by atoms with Crippen molar-refractivity contribution in [2.24, 2.45) is 5.73 Å². The molecule has 0 saturated heterocycles. The average Bonchev–Trinajstić information content (AvgIpc) is 2.46. The van der Waals surface area contributed by atoms with Crippen LogP contribution in [0.25, 0.3) is 0 Å². The maximum absolute atomic E-state index is 11.5. The molecular weight excluding hydrogens is 326 g/mol. The third-order valence-corrected chi connectivity index (χ3v) is 2.58. The summed E-state index contributed by atoms with van der Waals surface area (Å²) < 4.78 is 5.46. The highest BCUT2D eigenvalue weighted by Crippen LogP contribution is 1.92. The van der Waals surface area contributed by atoms with Gasteiger partial charge >= 0.3 is 17.6 Å². The summed E-state index contributed by atoms with van der Waals surface area (Å²) in [6.45, 7) is -0.920. The van der Waals surface area contributed by atoms with Gasteiger partial charge in [-0.05, 0) is 0 Å². The van der Waals surface area contributed by atoms with E-state index >= 15 is 0 Å². The number of aliphatic hydroxyl groups is 2. The molecule has 1 rings (SSSR count). The number of ether oxygens (including phenoxy) is 1. The highest BCUT2D eigenvalue weighted by molar-refractivity contribution is 5.81. The van der Waals surface area contributed by atoms with E-state index in [0.29, 0.717) is 0 Å². The first-order valence-corrected chi connectivity index (χ1v) is 6.53. The van der Waals surface area contributed by atoms with Crippen LogP contribution in [0.5, 0.6) is 0 Å². The number of esters is 1. The van der Waals surface area contributed by atoms with Gasteiger partial charge in [0, 0.05) is 6.20 Å². The summed E-state index contributed by atoms with van der Waals surface area (Å²) in [7, 11) is 0. The maximum atomic E-state index is 11.5. The molecule has 11 heteroatoms. The van der Waals surface area contributed by atoms with Crippen molar-refractivity contribution in [2.45, 2.75) is 25.3 Å². The van der Waals surface area contributed by atoms with Crippen LogP contribution in [0.4, 0.5) is 0 Å². The van der Waals surface area contributed by atoms with E-state index < -0.39 is 55.1 Å². The Morgan fingerprint density at radius 1 is 1.38 bits per heavy atom. The first-order valence-electron chi connectivity index (χ1n) is 6.53. The SMILES string of the molecule is NC(CC(=O)O)C(=O)OCC#Cc1cn(CC(O)O)c(=O)[nH]c1=O. The Hall–Kier alpha value is -2.94. The average molecular weight is 341 g/mol. The molecule has 0 aliphatic heterocycles. The van der Waals surface area contributed by atoms with E-state index in [-0.39, 0.29) is 5.56 Å². The van der Waals surface area contributed by atoms with E-state index in [1.807, 2.05) is 4.98 Å². The summed E-state index contributed by atoms with van der Waals surface area (Å²) in [5.41, 5.74) is 3.47. The van der Waals surface area contributed by atoms with Gasteiger partial charge in [0.25, 0.3) is 5.56 Å². The third kappa shape index (κ3) is 6.05. The standard InChI is InChI=1S/C13H15N3O8/c14-8(4-9(17)18)12(22)24-3-1-2-7-5-16(6-10(19)20)13(23)15-11(7)21/h5,8,10,19-20H,3-4,6,14H2,(H,17,18)(H,15,21,23). The third-order valence-electron chi connectivity index (χ3n) is 2.58. The van der Waals surface area contributed by atoms with Gasteiger partial charge in [-0.2, -0.15) is 0 Å². The van der Waals surface area contributed by atoms with E-state index in [4.69, 9.17) is 21.1 Å². The Morgan fingerprint density at radius 2 is 2.04 bits per heavy atom. The fraction of sp³-hybridized carbons (Fsp3) is 0.385. The molecule has 0 aliphatic rings. The van der Waals surface area contributed by atoms with Crippen molar-refractivity contribution in [1.82, 2.24) is 9.55 Å².